The van der Waals surface area contributed by atoms with Gasteiger partial charge in [-0.1, -0.05) is 169 Å². The number of benzene rings is 7. The first-order chi connectivity index (χ1) is 31.3. The normalized spacial score (nSPS) is 13.2. The average molecular weight is 1040 g/mol. The molecule has 5 nitrogen and oxygen atoms in total. The average Bonchev–Trinajstić information content (AvgIpc) is 3.92. The third kappa shape index (κ3) is 8.38. The molecule has 0 radical (unpaired) electrons. The van der Waals surface area contributed by atoms with Crippen molar-refractivity contribution in [1.82, 2.24) is 9.55 Å². The van der Waals surface area contributed by atoms with E-state index in [1.54, 1.807) is 0 Å². The minimum Gasteiger partial charge on any atom is -0.509 e. The van der Waals surface area contributed by atoms with E-state index in [-0.39, 0.29) is 37.3 Å². The first kappa shape index (κ1) is 44.5. The van der Waals surface area contributed by atoms with Crippen LogP contribution in [0, 0.1) is 18.8 Å². The molecule has 0 saturated heterocycles. The Bertz CT molecular complexity index is 3200. The van der Waals surface area contributed by atoms with Gasteiger partial charge in [-0.15, -0.1) is 48.1 Å². The maximum Gasteiger partial charge on any atom is 0.135 e. The fourth-order valence-electron chi connectivity index (χ4n) is 9.03. The van der Waals surface area contributed by atoms with Gasteiger partial charge in [-0.25, -0.2) is 4.98 Å². The van der Waals surface area contributed by atoms with Gasteiger partial charge in [0, 0.05) is 66.5 Å². The molecule has 3 heterocycles. The van der Waals surface area contributed by atoms with E-state index in [0.717, 1.165) is 50.3 Å². The molecule has 332 valence electrons. The Morgan fingerprint density at radius 2 is 1.15 bits per heavy atom. The van der Waals surface area contributed by atoms with E-state index in [1.165, 1.54) is 27.8 Å². The van der Waals surface area contributed by atoms with Gasteiger partial charge in [0.05, 0.1) is 0 Å². The van der Waals surface area contributed by atoms with E-state index in [4.69, 9.17) is 9.72 Å². The molecule has 0 spiro atoms. The SMILES string of the molecule is CC(C)(C)c1cc(N2[CH-]N(c3[c-]c(Oc4[c-]c5c(cc4)c4ccccc4n5-c4cc(C(C)(C)c5ccccc5)ccn4)ccc3)C=C2c2ccccc2)cc(C(C)(C)c2ccccc2)c1.[Pt]. The Morgan fingerprint density at radius 3 is 1.85 bits per heavy atom. The number of nitrogens with zero attached hydrogens (tertiary/aromatic N) is 4. The van der Waals surface area contributed by atoms with Crippen molar-refractivity contribution in [3.63, 3.8) is 0 Å². The molecule has 0 aliphatic carbocycles. The molecule has 0 unspecified atom stereocenters. The van der Waals surface area contributed by atoms with Crippen molar-refractivity contribution in [2.45, 2.75) is 64.7 Å². The summed E-state index contributed by atoms with van der Waals surface area (Å²) in [5.74, 6) is 2.02. The fourth-order valence-corrected chi connectivity index (χ4v) is 9.03. The second-order valence-corrected chi connectivity index (χ2v) is 19.1. The number of fused-ring (bicyclic) bond motifs is 3. The molecule has 0 atom stereocenters. The number of aromatic nitrogens is 2. The first-order valence-electron chi connectivity index (χ1n) is 22.4. The molecule has 0 amide bonds. The van der Waals surface area contributed by atoms with E-state index in [1.807, 2.05) is 24.4 Å². The quantitative estimate of drug-likeness (QED) is 0.128. The van der Waals surface area contributed by atoms with Crippen LogP contribution in [-0.4, -0.2) is 9.55 Å². The molecule has 0 N–H and O–H groups in total. The zero-order valence-electron chi connectivity index (χ0n) is 38.5. The van der Waals surface area contributed by atoms with Gasteiger partial charge in [0.2, 0.25) is 0 Å². The summed E-state index contributed by atoms with van der Waals surface area (Å²) in [7, 11) is 0. The third-order valence-corrected chi connectivity index (χ3v) is 13.1. The van der Waals surface area contributed by atoms with Crippen LogP contribution in [0.3, 0.4) is 0 Å². The molecule has 1 aliphatic heterocycles. The number of rotatable bonds is 10. The van der Waals surface area contributed by atoms with Crippen molar-refractivity contribution >= 4 is 38.9 Å². The van der Waals surface area contributed by atoms with Gasteiger partial charge < -0.3 is 19.1 Å². The predicted octanol–water partition coefficient (Wildman–Crippen LogP) is 15.0. The van der Waals surface area contributed by atoms with Crippen LogP contribution in [0.4, 0.5) is 11.4 Å². The number of ether oxygens (including phenoxy) is 1. The molecule has 10 rings (SSSR count). The van der Waals surface area contributed by atoms with Crippen LogP contribution in [0.1, 0.15) is 81.8 Å². The molecular weight excluding hydrogens is 988 g/mol. The van der Waals surface area contributed by atoms with Crippen LogP contribution in [0.2, 0.25) is 0 Å². The molecule has 7 aromatic carbocycles. The van der Waals surface area contributed by atoms with Crippen LogP contribution in [-0.2, 0) is 37.3 Å². The standard InChI is InChI=1S/C60H53N4O.Pt/c1-58(2,3)46-34-47(60(6,7)44-24-15-10-16-25-44)36-49(35-46)63-41-62(40-56(63)42-20-11-8-12-21-42)48-26-19-27-50(38-48)65-51-30-31-53-52-28-17-18-29-54(52)64(55(53)39-51)57-37-45(32-33-61-57)59(4,5)43-22-13-9-14-23-43;/h8-37,40-41H,1-7H3;/q-3;. The summed E-state index contributed by atoms with van der Waals surface area (Å²) in [6.45, 7) is 18.2. The Labute approximate surface area is 404 Å². The van der Waals surface area contributed by atoms with Gasteiger partial charge in [0.25, 0.3) is 0 Å². The summed E-state index contributed by atoms with van der Waals surface area (Å²) in [6, 6.07) is 69.3. The number of para-hydroxylation sites is 1. The fraction of sp³-hybridized carbons (Fsp3) is 0.167. The first-order valence-corrected chi connectivity index (χ1v) is 22.4. The molecule has 0 saturated carbocycles. The van der Waals surface area contributed by atoms with Crippen LogP contribution in [0.25, 0.3) is 33.3 Å². The molecule has 0 fully saturated rings. The van der Waals surface area contributed by atoms with Crippen LogP contribution in [0.5, 0.6) is 11.5 Å². The van der Waals surface area contributed by atoms with Gasteiger partial charge in [-0.05, 0) is 80.7 Å². The smallest absolute Gasteiger partial charge is 0.135 e. The molecule has 0 bridgehead atoms. The summed E-state index contributed by atoms with van der Waals surface area (Å²) in [6.07, 6.45) is 4.10. The summed E-state index contributed by atoms with van der Waals surface area (Å²) in [4.78, 5) is 9.39. The van der Waals surface area contributed by atoms with Crippen LogP contribution < -0.4 is 14.5 Å². The van der Waals surface area contributed by atoms with Crippen molar-refractivity contribution < 1.29 is 25.8 Å². The third-order valence-electron chi connectivity index (χ3n) is 13.1. The minimum absolute atomic E-state index is 0. The van der Waals surface area contributed by atoms with E-state index in [0.29, 0.717) is 11.5 Å². The summed E-state index contributed by atoms with van der Waals surface area (Å²) in [5.41, 5.74) is 11.8. The van der Waals surface area contributed by atoms with Crippen molar-refractivity contribution in [2.24, 2.45) is 0 Å². The zero-order valence-corrected chi connectivity index (χ0v) is 40.8. The number of hydrogen-bond donors (Lipinski definition) is 0. The second-order valence-electron chi connectivity index (χ2n) is 19.1. The molecule has 1 aliphatic rings. The minimum atomic E-state index is -0.226. The van der Waals surface area contributed by atoms with Crippen molar-refractivity contribution in [2.75, 3.05) is 9.80 Å². The van der Waals surface area contributed by atoms with Gasteiger partial charge in [0.15, 0.2) is 0 Å². The largest absolute Gasteiger partial charge is 0.509 e. The molecule has 6 heteroatoms. The van der Waals surface area contributed by atoms with Crippen molar-refractivity contribution in [3.8, 4) is 17.3 Å². The summed E-state index contributed by atoms with van der Waals surface area (Å²) in [5, 5.41) is 2.21. The Balaban J connectivity index is 0.00000548. The number of hydrogen-bond acceptors (Lipinski definition) is 4. The van der Waals surface area contributed by atoms with Crippen LogP contribution >= 0.6 is 0 Å². The Hall–Kier alpha value is -6.68. The van der Waals surface area contributed by atoms with Crippen molar-refractivity contribution in [1.29, 1.82) is 0 Å². The van der Waals surface area contributed by atoms with Gasteiger partial charge >= 0.3 is 0 Å². The molecule has 9 aromatic rings. The maximum atomic E-state index is 6.66. The summed E-state index contributed by atoms with van der Waals surface area (Å²) >= 11 is 0. The van der Waals surface area contributed by atoms with E-state index >= 15 is 0 Å². The van der Waals surface area contributed by atoms with Gasteiger partial charge in [-0.2, -0.15) is 12.1 Å². The topological polar surface area (TPSA) is 33.5 Å². The molecule has 66 heavy (non-hydrogen) atoms. The van der Waals surface area contributed by atoms with E-state index in [2.05, 4.69) is 246 Å². The Morgan fingerprint density at radius 1 is 0.530 bits per heavy atom. The molecule has 2 aromatic heterocycles. The molecular formula is C60H53N4OPt-3. The van der Waals surface area contributed by atoms with Crippen LogP contribution in [0.15, 0.2) is 188 Å². The van der Waals surface area contributed by atoms with Gasteiger partial charge in [-0.3, -0.25) is 0 Å². The summed E-state index contributed by atoms with van der Waals surface area (Å²) < 4.78 is 8.86. The zero-order chi connectivity index (χ0) is 44.9. The van der Waals surface area contributed by atoms with Crippen molar-refractivity contribution in [3.05, 3.63) is 241 Å². The van der Waals surface area contributed by atoms with Gasteiger partial charge in [0.1, 0.15) is 5.82 Å². The number of pyridine rings is 1. The maximum absolute atomic E-state index is 6.66. The number of anilines is 2. The monoisotopic (exact) mass is 1040 g/mol. The Kier molecular flexibility index (Phi) is 11.9. The van der Waals surface area contributed by atoms with E-state index in [9.17, 15) is 0 Å². The predicted molar refractivity (Wildman–Crippen MR) is 269 cm³/mol. The van der Waals surface area contributed by atoms with E-state index < -0.39 is 0 Å². The second kappa shape index (κ2) is 17.6.